The first-order valence-corrected chi connectivity index (χ1v) is 4.16. The second kappa shape index (κ2) is 4.39. The van der Waals surface area contributed by atoms with Gasteiger partial charge in [0.25, 0.3) is 0 Å². The van der Waals surface area contributed by atoms with Crippen molar-refractivity contribution in [3.8, 4) is 0 Å². The molecule has 0 saturated heterocycles. The van der Waals surface area contributed by atoms with Gasteiger partial charge in [0, 0.05) is 6.42 Å². The summed E-state index contributed by atoms with van der Waals surface area (Å²) in [6.45, 7) is 7.86. The maximum absolute atomic E-state index is 5.68. The normalized spacial score (nSPS) is 13.4. The van der Waals surface area contributed by atoms with Gasteiger partial charge in [0.15, 0.2) is 5.72 Å². The van der Waals surface area contributed by atoms with Crippen molar-refractivity contribution in [1.82, 2.24) is 0 Å². The molecule has 2 heteroatoms. The standard InChI is InChI=1S/C9H19NO/c1-5-7-8(6-2)11-9(3,4)10/h7H,5-6,10H2,1-4H3/b8-7+. The van der Waals surface area contributed by atoms with Crippen molar-refractivity contribution in [1.29, 1.82) is 0 Å². The van der Waals surface area contributed by atoms with Crippen LogP contribution in [-0.2, 0) is 4.74 Å². The lowest BCUT2D eigenvalue weighted by atomic mass is 10.3. The summed E-state index contributed by atoms with van der Waals surface area (Å²) in [6.07, 6.45) is 3.97. The van der Waals surface area contributed by atoms with Crippen LogP contribution in [0.5, 0.6) is 0 Å². The lowest BCUT2D eigenvalue weighted by molar-refractivity contribution is 0.0364. The van der Waals surface area contributed by atoms with Crippen molar-refractivity contribution in [2.24, 2.45) is 5.73 Å². The van der Waals surface area contributed by atoms with E-state index in [1.165, 1.54) is 0 Å². The highest BCUT2D eigenvalue weighted by Gasteiger charge is 2.11. The molecule has 0 rings (SSSR count). The molecule has 0 fully saturated rings. The highest BCUT2D eigenvalue weighted by atomic mass is 16.5. The Bertz CT molecular complexity index is 133. The van der Waals surface area contributed by atoms with E-state index in [1.807, 2.05) is 13.8 Å². The quantitative estimate of drug-likeness (QED) is 0.502. The molecule has 11 heavy (non-hydrogen) atoms. The molecule has 0 aliphatic carbocycles. The largest absolute Gasteiger partial charge is 0.478 e. The zero-order valence-corrected chi connectivity index (χ0v) is 7.98. The molecule has 2 N–H and O–H groups in total. The first-order chi connectivity index (χ1) is 4.99. The maximum atomic E-state index is 5.68. The molecular formula is C9H19NO. The number of rotatable bonds is 4. The molecule has 0 bridgehead atoms. The summed E-state index contributed by atoms with van der Waals surface area (Å²) in [6, 6.07) is 0. The molecule has 0 aliphatic heterocycles. The van der Waals surface area contributed by atoms with Crippen LogP contribution in [0, 0.1) is 0 Å². The first-order valence-electron chi connectivity index (χ1n) is 4.16. The fourth-order valence-electron chi connectivity index (χ4n) is 0.824. The fraction of sp³-hybridized carbons (Fsp3) is 0.778. The topological polar surface area (TPSA) is 35.2 Å². The van der Waals surface area contributed by atoms with Gasteiger partial charge in [0.05, 0.1) is 5.76 Å². The van der Waals surface area contributed by atoms with E-state index in [1.54, 1.807) is 0 Å². The monoisotopic (exact) mass is 157 g/mol. The predicted octanol–water partition coefficient (Wildman–Crippen LogP) is 2.40. The molecule has 2 nitrogen and oxygen atoms in total. The molecule has 0 radical (unpaired) electrons. The third-order valence-electron chi connectivity index (χ3n) is 1.17. The van der Waals surface area contributed by atoms with E-state index >= 15 is 0 Å². The van der Waals surface area contributed by atoms with Gasteiger partial charge >= 0.3 is 0 Å². The summed E-state index contributed by atoms with van der Waals surface area (Å²) in [5, 5.41) is 0. The molecular weight excluding hydrogens is 138 g/mol. The van der Waals surface area contributed by atoms with Crippen LogP contribution in [0.3, 0.4) is 0 Å². The fourth-order valence-corrected chi connectivity index (χ4v) is 0.824. The van der Waals surface area contributed by atoms with Crippen LogP contribution < -0.4 is 5.73 Å². The van der Waals surface area contributed by atoms with E-state index in [0.29, 0.717) is 0 Å². The van der Waals surface area contributed by atoms with Crippen molar-refractivity contribution in [3.05, 3.63) is 11.8 Å². The van der Waals surface area contributed by atoms with Gasteiger partial charge in [-0.1, -0.05) is 13.8 Å². The summed E-state index contributed by atoms with van der Waals surface area (Å²) < 4.78 is 5.47. The molecule has 0 atom stereocenters. The second-order valence-corrected chi connectivity index (χ2v) is 3.14. The van der Waals surface area contributed by atoms with Gasteiger partial charge in [-0.15, -0.1) is 0 Å². The van der Waals surface area contributed by atoms with Gasteiger partial charge in [-0.3, -0.25) is 5.73 Å². The number of nitrogens with two attached hydrogens (primary N) is 1. The number of hydrogen-bond donors (Lipinski definition) is 1. The van der Waals surface area contributed by atoms with Gasteiger partial charge in [-0.25, -0.2) is 0 Å². The summed E-state index contributed by atoms with van der Waals surface area (Å²) >= 11 is 0. The highest BCUT2D eigenvalue weighted by Crippen LogP contribution is 2.11. The van der Waals surface area contributed by atoms with E-state index in [-0.39, 0.29) is 0 Å². The van der Waals surface area contributed by atoms with E-state index in [9.17, 15) is 0 Å². The van der Waals surface area contributed by atoms with Crippen LogP contribution in [0.15, 0.2) is 11.8 Å². The Labute approximate surface area is 69.4 Å². The molecule has 0 amide bonds. The minimum atomic E-state index is -0.545. The van der Waals surface area contributed by atoms with Crippen LogP contribution in [0.2, 0.25) is 0 Å². The summed E-state index contributed by atoms with van der Waals surface area (Å²) in [5.41, 5.74) is 5.13. The summed E-state index contributed by atoms with van der Waals surface area (Å²) in [7, 11) is 0. The first kappa shape index (κ1) is 10.5. The Morgan fingerprint density at radius 1 is 1.45 bits per heavy atom. The van der Waals surface area contributed by atoms with Gasteiger partial charge in [0.2, 0.25) is 0 Å². The zero-order valence-electron chi connectivity index (χ0n) is 7.98. The third-order valence-corrected chi connectivity index (χ3v) is 1.17. The van der Waals surface area contributed by atoms with E-state index in [2.05, 4.69) is 19.9 Å². The van der Waals surface area contributed by atoms with Gasteiger partial charge in [-0.05, 0) is 26.3 Å². The lowest BCUT2D eigenvalue weighted by Gasteiger charge is -2.22. The molecule has 0 aliphatic rings. The van der Waals surface area contributed by atoms with Crippen molar-refractivity contribution in [2.75, 3.05) is 0 Å². The molecule has 0 unspecified atom stereocenters. The Morgan fingerprint density at radius 2 is 2.00 bits per heavy atom. The minimum absolute atomic E-state index is 0.545. The Kier molecular flexibility index (Phi) is 4.19. The Hall–Kier alpha value is -0.500. The molecule has 0 heterocycles. The van der Waals surface area contributed by atoms with E-state index < -0.39 is 5.72 Å². The lowest BCUT2D eigenvalue weighted by Crippen LogP contribution is -2.34. The van der Waals surface area contributed by atoms with E-state index in [4.69, 9.17) is 10.5 Å². The second-order valence-electron chi connectivity index (χ2n) is 3.14. The molecule has 66 valence electrons. The SMILES string of the molecule is CC/C=C(\CC)OC(C)(C)N. The highest BCUT2D eigenvalue weighted by molar-refractivity contribution is 4.92. The Balaban J connectivity index is 3.99. The maximum Gasteiger partial charge on any atom is 0.152 e. The molecule has 0 saturated carbocycles. The van der Waals surface area contributed by atoms with Gasteiger partial charge in [-0.2, -0.15) is 0 Å². The summed E-state index contributed by atoms with van der Waals surface area (Å²) in [5.74, 6) is 0.986. The number of allylic oxidation sites excluding steroid dienone is 2. The average Bonchev–Trinajstić information content (AvgIpc) is 1.84. The van der Waals surface area contributed by atoms with Crippen LogP contribution in [0.4, 0.5) is 0 Å². The van der Waals surface area contributed by atoms with Crippen molar-refractivity contribution >= 4 is 0 Å². The van der Waals surface area contributed by atoms with Crippen LogP contribution in [0.1, 0.15) is 40.5 Å². The number of hydrogen-bond acceptors (Lipinski definition) is 2. The van der Waals surface area contributed by atoms with Crippen LogP contribution >= 0.6 is 0 Å². The van der Waals surface area contributed by atoms with Crippen molar-refractivity contribution in [3.63, 3.8) is 0 Å². The average molecular weight is 157 g/mol. The van der Waals surface area contributed by atoms with Crippen molar-refractivity contribution in [2.45, 2.75) is 46.3 Å². The van der Waals surface area contributed by atoms with Gasteiger partial charge < -0.3 is 4.74 Å². The number of ether oxygens (including phenoxy) is 1. The van der Waals surface area contributed by atoms with E-state index in [0.717, 1.165) is 18.6 Å². The molecule has 0 aromatic heterocycles. The Morgan fingerprint density at radius 3 is 2.27 bits per heavy atom. The molecule has 0 aromatic carbocycles. The van der Waals surface area contributed by atoms with Crippen molar-refractivity contribution < 1.29 is 4.74 Å². The third kappa shape index (κ3) is 5.92. The molecule has 0 spiro atoms. The van der Waals surface area contributed by atoms with Crippen LogP contribution in [0.25, 0.3) is 0 Å². The smallest absolute Gasteiger partial charge is 0.152 e. The minimum Gasteiger partial charge on any atom is -0.478 e. The predicted molar refractivity (Wildman–Crippen MR) is 48.0 cm³/mol. The van der Waals surface area contributed by atoms with Crippen LogP contribution in [-0.4, -0.2) is 5.72 Å². The van der Waals surface area contributed by atoms with Gasteiger partial charge in [0.1, 0.15) is 0 Å². The molecule has 0 aromatic rings. The summed E-state index contributed by atoms with van der Waals surface area (Å²) in [4.78, 5) is 0. The zero-order chi connectivity index (χ0) is 8.91.